The van der Waals surface area contributed by atoms with Crippen LogP contribution in [0.3, 0.4) is 0 Å². The second-order valence-electron chi connectivity index (χ2n) is 5.11. The van der Waals surface area contributed by atoms with Gasteiger partial charge in [-0.1, -0.05) is 6.07 Å². The lowest BCUT2D eigenvalue weighted by molar-refractivity contribution is -0.146. The third-order valence-corrected chi connectivity index (χ3v) is 4.43. The number of sulfonamides is 1. The Morgan fingerprint density at radius 1 is 1.45 bits per heavy atom. The predicted octanol–water partition coefficient (Wildman–Crippen LogP) is 1.26. The molecule has 0 aliphatic carbocycles. The molecule has 108 valence electrons. The number of rotatable bonds is 5. The standard InChI is InChI=1S/C13H16N2O4S/c1-9-4-5-10(7-14)6-11(9)20(18,19)15-8-13(2,3)12(16)17/h4-6,15H,8H2,1-3H3,(H,16,17). The van der Waals surface area contributed by atoms with E-state index in [2.05, 4.69) is 4.72 Å². The molecule has 0 amide bonds. The van der Waals surface area contributed by atoms with Crippen LogP contribution in [0.25, 0.3) is 0 Å². The van der Waals surface area contributed by atoms with E-state index in [1.165, 1.54) is 32.0 Å². The monoisotopic (exact) mass is 296 g/mol. The minimum absolute atomic E-state index is 0.0160. The summed E-state index contributed by atoms with van der Waals surface area (Å²) in [6, 6.07) is 6.20. The fourth-order valence-corrected chi connectivity index (χ4v) is 2.87. The maximum absolute atomic E-state index is 12.2. The third kappa shape index (κ3) is 3.56. The number of nitrogens with one attached hydrogen (secondary N) is 1. The van der Waals surface area contributed by atoms with Crippen molar-refractivity contribution in [1.82, 2.24) is 4.72 Å². The Morgan fingerprint density at radius 2 is 2.05 bits per heavy atom. The van der Waals surface area contributed by atoms with E-state index in [-0.39, 0.29) is 17.0 Å². The fourth-order valence-electron chi connectivity index (χ4n) is 1.39. The Morgan fingerprint density at radius 3 is 2.55 bits per heavy atom. The molecular formula is C13H16N2O4S. The summed E-state index contributed by atoms with van der Waals surface area (Å²) in [6.07, 6.45) is 0. The van der Waals surface area contributed by atoms with Gasteiger partial charge >= 0.3 is 5.97 Å². The van der Waals surface area contributed by atoms with Gasteiger partial charge in [-0.2, -0.15) is 5.26 Å². The second-order valence-corrected chi connectivity index (χ2v) is 6.84. The van der Waals surface area contributed by atoms with Gasteiger partial charge in [-0.15, -0.1) is 0 Å². The molecule has 0 heterocycles. The SMILES string of the molecule is Cc1ccc(C#N)cc1S(=O)(=O)NCC(C)(C)C(=O)O. The quantitative estimate of drug-likeness (QED) is 0.850. The van der Waals surface area contributed by atoms with Crippen LogP contribution in [0, 0.1) is 23.7 Å². The van der Waals surface area contributed by atoms with E-state index in [4.69, 9.17) is 10.4 Å². The van der Waals surface area contributed by atoms with Gasteiger partial charge in [0.2, 0.25) is 10.0 Å². The maximum atomic E-state index is 12.2. The van der Waals surface area contributed by atoms with Crippen molar-refractivity contribution in [2.45, 2.75) is 25.7 Å². The van der Waals surface area contributed by atoms with E-state index < -0.39 is 21.4 Å². The molecule has 20 heavy (non-hydrogen) atoms. The van der Waals surface area contributed by atoms with Gasteiger partial charge in [0, 0.05) is 6.54 Å². The van der Waals surface area contributed by atoms with E-state index in [1.54, 1.807) is 6.92 Å². The molecule has 0 spiro atoms. The Bertz CT molecular complexity index is 672. The third-order valence-electron chi connectivity index (χ3n) is 2.89. The largest absolute Gasteiger partial charge is 0.481 e. The van der Waals surface area contributed by atoms with E-state index in [1.807, 2.05) is 6.07 Å². The zero-order valence-corrected chi connectivity index (χ0v) is 12.3. The van der Waals surface area contributed by atoms with Gasteiger partial charge in [0.25, 0.3) is 0 Å². The molecule has 0 saturated heterocycles. The Labute approximate surface area is 118 Å². The van der Waals surface area contributed by atoms with Gasteiger partial charge in [-0.25, -0.2) is 13.1 Å². The van der Waals surface area contributed by atoms with Gasteiger partial charge in [0.05, 0.1) is 21.9 Å². The summed E-state index contributed by atoms with van der Waals surface area (Å²) in [6.45, 7) is 4.23. The average Bonchev–Trinajstić information content (AvgIpc) is 2.37. The number of carboxylic acids is 1. The van der Waals surface area contributed by atoms with Crippen LogP contribution in [-0.4, -0.2) is 26.0 Å². The molecule has 0 fully saturated rings. The minimum Gasteiger partial charge on any atom is -0.481 e. The topological polar surface area (TPSA) is 107 Å². The van der Waals surface area contributed by atoms with Crippen molar-refractivity contribution in [1.29, 1.82) is 5.26 Å². The molecule has 0 aliphatic heterocycles. The van der Waals surface area contributed by atoms with Crippen LogP contribution in [0.1, 0.15) is 25.0 Å². The van der Waals surface area contributed by atoms with Gasteiger partial charge in [-0.3, -0.25) is 4.79 Å². The lowest BCUT2D eigenvalue weighted by Gasteiger charge is -2.20. The zero-order chi connectivity index (χ0) is 15.6. The molecule has 0 aromatic heterocycles. The lowest BCUT2D eigenvalue weighted by atomic mass is 9.95. The van der Waals surface area contributed by atoms with Crippen LogP contribution in [0.4, 0.5) is 0 Å². The van der Waals surface area contributed by atoms with Crippen molar-refractivity contribution in [2.75, 3.05) is 6.54 Å². The Hall–Kier alpha value is -1.91. The number of hydrogen-bond acceptors (Lipinski definition) is 4. The molecule has 0 unspecified atom stereocenters. The van der Waals surface area contributed by atoms with Crippen LogP contribution < -0.4 is 4.72 Å². The molecule has 1 aromatic carbocycles. The second kappa shape index (κ2) is 5.61. The first-order chi connectivity index (χ1) is 9.10. The fraction of sp³-hybridized carbons (Fsp3) is 0.385. The summed E-state index contributed by atoms with van der Waals surface area (Å²) >= 11 is 0. The van der Waals surface area contributed by atoms with Crippen molar-refractivity contribution in [3.63, 3.8) is 0 Å². The smallest absolute Gasteiger partial charge is 0.310 e. The van der Waals surface area contributed by atoms with Gasteiger partial charge in [-0.05, 0) is 38.5 Å². The number of nitriles is 1. The summed E-state index contributed by atoms with van der Waals surface area (Å²) in [5.74, 6) is -1.09. The molecule has 7 heteroatoms. The van der Waals surface area contributed by atoms with E-state index in [9.17, 15) is 13.2 Å². The number of aryl methyl sites for hydroxylation is 1. The summed E-state index contributed by atoms with van der Waals surface area (Å²) < 4.78 is 26.6. The van der Waals surface area contributed by atoms with Crippen LogP contribution in [-0.2, 0) is 14.8 Å². The molecule has 1 aromatic rings. The number of carbonyl (C=O) groups is 1. The minimum atomic E-state index is -3.85. The summed E-state index contributed by atoms with van der Waals surface area (Å²) in [7, 11) is -3.85. The van der Waals surface area contributed by atoms with Crippen molar-refractivity contribution in [3.8, 4) is 6.07 Å². The molecule has 0 atom stereocenters. The highest BCUT2D eigenvalue weighted by Gasteiger charge is 2.29. The maximum Gasteiger partial charge on any atom is 0.310 e. The first-order valence-electron chi connectivity index (χ1n) is 5.84. The van der Waals surface area contributed by atoms with Crippen LogP contribution in [0.5, 0.6) is 0 Å². The summed E-state index contributed by atoms with van der Waals surface area (Å²) in [5.41, 5.74) is -0.494. The van der Waals surface area contributed by atoms with Gasteiger partial charge in [0.1, 0.15) is 0 Å². The van der Waals surface area contributed by atoms with Crippen molar-refractivity contribution >= 4 is 16.0 Å². The normalized spacial score (nSPS) is 11.9. The Balaban J connectivity index is 3.07. The molecule has 2 N–H and O–H groups in total. The average molecular weight is 296 g/mol. The van der Waals surface area contributed by atoms with E-state index in [0.717, 1.165) is 0 Å². The first-order valence-corrected chi connectivity index (χ1v) is 7.32. The molecular weight excluding hydrogens is 280 g/mol. The highest BCUT2D eigenvalue weighted by Crippen LogP contribution is 2.19. The Kier molecular flexibility index (Phi) is 4.53. The molecule has 0 aliphatic rings. The zero-order valence-electron chi connectivity index (χ0n) is 11.5. The number of benzene rings is 1. The van der Waals surface area contributed by atoms with Gasteiger partial charge in [0.15, 0.2) is 0 Å². The van der Waals surface area contributed by atoms with Gasteiger partial charge < -0.3 is 5.11 Å². The van der Waals surface area contributed by atoms with Crippen molar-refractivity contribution < 1.29 is 18.3 Å². The molecule has 0 bridgehead atoms. The van der Waals surface area contributed by atoms with Crippen LogP contribution in [0.2, 0.25) is 0 Å². The molecule has 6 nitrogen and oxygen atoms in total. The first kappa shape index (κ1) is 16.1. The number of carboxylic acid groups (broad SMARTS) is 1. The highest BCUT2D eigenvalue weighted by atomic mass is 32.2. The number of hydrogen-bond donors (Lipinski definition) is 2. The van der Waals surface area contributed by atoms with Crippen molar-refractivity contribution in [2.24, 2.45) is 5.41 Å². The van der Waals surface area contributed by atoms with E-state index in [0.29, 0.717) is 5.56 Å². The molecule has 0 radical (unpaired) electrons. The summed E-state index contributed by atoms with van der Waals surface area (Å²) in [5, 5.41) is 17.8. The highest BCUT2D eigenvalue weighted by molar-refractivity contribution is 7.89. The molecule has 0 saturated carbocycles. The lowest BCUT2D eigenvalue weighted by Crippen LogP contribution is -2.39. The number of nitrogens with zero attached hydrogens (tertiary/aromatic N) is 1. The number of aliphatic carboxylic acids is 1. The predicted molar refractivity (Wildman–Crippen MR) is 72.5 cm³/mol. The molecule has 1 rings (SSSR count). The van der Waals surface area contributed by atoms with Crippen LogP contribution in [0.15, 0.2) is 23.1 Å². The van der Waals surface area contributed by atoms with Crippen LogP contribution >= 0.6 is 0 Å². The van der Waals surface area contributed by atoms with E-state index >= 15 is 0 Å². The summed E-state index contributed by atoms with van der Waals surface area (Å²) in [4.78, 5) is 10.9. The van der Waals surface area contributed by atoms with Crippen molar-refractivity contribution in [3.05, 3.63) is 29.3 Å².